The van der Waals surface area contributed by atoms with Gasteiger partial charge in [-0.15, -0.1) is 0 Å². The Balaban J connectivity index is 1.56. The van der Waals surface area contributed by atoms with Crippen molar-refractivity contribution in [3.05, 3.63) is 24.4 Å². The van der Waals surface area contributed by atoms with Gasteiger partial charge in [-0.1, -0.05) is 18.6 Å². The van der Waals surface area contributed by atoms with Crippen LogP contribution in [0.25, 0.3) is 10.1 Å². The molecule has 0 spiro atoms. The van der Waals surface area contributed by atoms with Crippen molar-refractivity contribution in [3.8, 4) is 5.75 Å². The molecule has 0 radical (unpaired) electrons. The van der Waals surface area contributed by atoms with Crippen LogP contribution in [0.1, 0.15) is 32.1 Å². The molecule has 19 heavy (non-hydrogen) atoms. The van der Waals surface area contributed by atoms with Crippen molar-refractivity contribution in [2.45, 2.75) is 50.3 Å². The topological polar surface area (TPSA) is 34.1 Å². The Morgan fingerprint density at radius 3 is 2.89 bits per heavy atom. The molecule has 0 saturated carbocycles. The highest BCUT2D eigenvalue weighted by molar-refractivity contribution is 7.13. The molecule has 1 N–H and O–H groups in total. The number of aromatic nitrogens is 1. The predicted molar refractivity (Wildman–Crippen MR) is 77.8 cm³/mol. The Morgan fingerprint density at radius 1 is 1.21 bits per heavy atom. The Labute approximate surface area is 117 Å². The summed E-state index contributed by atoms with van der Waals surface area (Å²) in [6.45, 7) is 0. The normalized spacial score (nSPS) is 30.4. The summed E-state index contributed by atoms with van der Waals surface area (Å²) in [6, 6.07) is 7.58. The second-order valence-corrected chi connectivity index (χ2v) is 6.50. The average molecular weight is 274 g/mol. The minimum absolute atomic E-state index is 0.365. The molecule has 0 amide bonds. The van der Waals surface area contributed by atoms with Gasteiger partial charge < -0.3 is 10.1 Å². The first-order valence-corrected chi connectivity index (χ1v) is 7.92. The lowest BCUT2D eigenvalue weighted by Crippen LogP contribution is -2.51. The third-order valence-electron chi connectivity index (χ3n) is 4.31. The van der Waals surface area contributed by atoms with E-state index in [0.717, 1.165) is 18.6 Å². The summed E-state index contributed by atoms with van der Waals surface area (Å²) in [5, 5.41) is 4.90. The van der Waals surface area contributed by atoms with Gasteiger partial charge in [0, 0.05) is 23.7 Å². The lowest BCUT2D eigenvalue weighted by Gasteiger charge is -2.40. The Morgan fingerprint density at radius 2 is 2.05 bits per heavy atom. The van der Waals surface area contributed by atoms with Gasteiger partial charge in [0.1, 0.15) is 11.9 Å². The summed E-state index contributed by atoms with van der Waals surface area (Å²) in [5.41, 5.74) is 0. The highest BCUT2D eigenvalue weighted by Gasteiger charge is 2.32. The van der Waals surface area contributed by atoms with Gasteiger partial charge in [0.25, 0.3) is 0 Å². The maximum absolute atomic E-state index is 6.29. The van der Waals surface area contributed by atoms with Crippen LogP contribution >= 0.6 is 11.5 Å². The fourth-order valence-corrected chi connectivity index (χ4v) is 4.15. The van der Waals surface area contributed by atoms with E-state index < -0.39 is 0 Å². The van der Waals surface area contributed by atoms with Crippen LogP contribution in [-0.2, 0) is 0 Å². The first kappa shape index (κ1) is 11.7. The molecular formula is C15H18N2OS. The number of nitrogens with zero attached hydrogens (tertiary/aromatic N) is 1. The minimum Gasteiger partial charge on any atom is -0.489 e. The van der Waals surface area contributed by atoms with E-state index in [9.17, 15) is 0 Å². The van der Waals surface area contributed by atoms with Crippen LogP contribution < -0.4 is 10.1 Å². The lowest BCUT2D eigenvalue weighted by molar-refractivity contribution is 0.0941. The zero-order valence-corrected chi connectivity index (χ0v) is 11.7. The van der Waals surface area contributed by atoms with Crippen LogP contribution in [0.3, 0.4) is 0 Å². The standard InChI is InChI=1S/C15H18N2OS/c1-3-10-9-16-19-15(10)14(6-1)18-13-7-11-4-2-5-12(8-13)17-11/h1,3,6,9,11-13,17H,2,4-5,7-8H2/t11-,12+,13-. The smallest absolute Gasteiger partial charge is 0.139 e. The molecule has 2 aliphatic rings. The second kappa shape index (κ2) is 4.76. The average Bonchev–Trinajstić information content (AvgIpc) is 2.88. The molecule has 2 fully saturated rings. The number of piperidine rings is 2. The zero-order chi connectivity index (χ0) is 12.7. The number of ether oxygens (including phenoxy) is 1. The maximum Gasteiger partial charge on any atom is 0.139 e. The molecule has 2 aromatic rings. The first-order chi connectivity index (χ1) is 9.38. The van der Waals surface area contributed by atoms with E-state index in [1.807, 2.05) is 6.20 Å². The summed E-state index contributed by atoms with van der Waals surface area (Å²) in [6.07, 6.45) is 8.56. The van der Waals surface area contributed by atoms with Crippen LogP contribution in [-0.4, -0.2) is 22.6 Å². The fraction of sp³-hybridized carbons (Fsp3) is 0.533. The first-order valence-electron chi connectivity index (χ1n) is 7.14. The third kappa shape index (κ3) is 2.23. The number of fused-ring (bicyclic) bond motifs is 3. The van der Waals surface area contributed by atoms with Crippen molar-refractivity contribution in [2.75, 3.05) is 0 Å². The van der Waals surface area contributed by atoms with E-state index in [1.54, 1.807) is 0 Å². The monoisotopic (exact) mass is 274 g/mol. The van der Waals surface area contributed by atoms with Gasteiger partial charge in [0.15, 0.2) is 0 Å². The van der Waals surface area contributed by atoms with Gasteiger partial charge in [-0.05, 0) is 43.3 Å². The van der Waals surface area contributed by atoms with Gasteiger partial charge in [0.2, 0.25) is 0 Å². The van der Waals surface area contributed by atoms with E-state index in [0.29, 0.717) is 18.2 Å². The maximum atomic E-state index is 6.29. The quantitative estimate of drug-likeness (QED) is 0.912. The molecule has 2 aliphatic heterocycles. The highest BCUT2D eigenvalue weighted by atomic mass is 32.1. The Hall–Kier alpha value is -1.13. The molecule has 4 heteroatoms. The molecule has 2 bridgehead atoms. The van der Waals surface area contributed by atoms with Crippen molar-refractivity contribution in [1.82, 2.24) is 9.69 Å². The Bertz CT molecular complexity index is 570. The molecule has 3 atom stereocenters. The summed E-state index contributed by atoms with van der Waals surface area (Å²) < 4.78 is 11.7. The number of hydrogen-bond donors (Lipinski definition) is 1. The Kier molecular flexibility index (Phi) is 2.93. The van der Waals surface area contributed by atoms with Crippen molar-refractivity contribution in [2.24, 2.45) is 0 Å². The molecule has 3 heterocycles. The van der Waals surface area contributed by atoms with Crippen LogP contribution in [0.5, 0.6) is 5.75 Å². The SMILES string of the molecule is c1cc(O[C@@H]2C[C@H]3CCC[C@@H](C2)N3)c2sncc2c1. The highest BCUT2D eigenvalue weighted by Crippen LogP contribution is 2.33. The van der Waals surface area contributed by atoms with Gasteiger partial charge in [-0.2, -0.15) is 4.37 Å². The number of hydrogen-bond acceptors (Lipinski definition) is 4. The van der Waals surface area contributed by atoms with Crippen LogP contribution in [0.15, 0.2) is 24.4 Å². The van der Waals surface area contributed by atoms with E-state index >= 15 is 0 Å². The number of nitrogens with one attached hydrogen (secondary N) is 1. The largest absolute Gasteiger partial charge is 0.489 e. The molecule has 0 aliphatic carbocycles. The van der Waals surface area contributed by atoms with Crippen molar-refractivity contribution in [1.29, 1.82) is 0 Å². The molecule has 100 valence electrons. The second-order valence-electron chi connectivity index (χ2n) is 5.70. The lowest BCUT2D eigenvalue weighted by atomic mass is 9.85. The van der Waals surface area contributed by atoms with Crippen LogP contribution in [0, 0.1) is 0 Å². The summed E-state index contributed by atoms with van der Waals surface area (Å²) >= 11 is 1.53. The van der Waals surface area contributed by atoms with Gasteiger partial charge in [-0.25, -0.2) is 0 Å². The molecular weight excluding hydrogens is 256 g/mol. The van der Waals surface area contributed by atoms with E-state index in [-0.39, 0.29) is 0 Å². The van der Waals surface area contributed by atoms with Gasteiger partial charge >= 0.3 is 0 Å². The third-order valence-corrected chi connectivity index (χ3v) is 5.14. The van der Waals surface area contributed by atoms with Crippen molar-refractivity contribution < 1.29 is 4.74 Å². The van der Waals surface area contributed by atoms with E-state index in [2.05, 4.69) is 27.9 Å². The fourth-order valence-electron chi connectivity index (χ4n) is 3.45. The molecule has 2 saturated heterocycles. The van der Waals surface area contributed by atoms with E-state index in [1.165, 1.54) is 40.9 Å². The zero-order valence-electron chi connectivity index (χ0n) is 10.8. The predicted octanol–water partition coefficient (Wildman–Crippen LogP) is 3.35. The van der Waals surface area contributed by atoms with Gasteiger partial charge in [0.05, 0.1) is 4.70 Å². The van der Waals surface area contributed by atoms with Gasteiger partial charge in [-0.3, -0.25) is 0 Å². The molecule has 1 aromatic heterocycles. The van der Waals surface area contributed by atoms with E-state index in [4.69, 9.17) is 4.74 Å². The van der Waals surface area contributed by atoms with Crippen LogP contribution in [0.4, 0.5) is 0 Å². The molecule has 4 rings (SSSR count). The molecule has 0 unspecified atom stereocenters. The molecule has 1 aromatic carbocycles. The summed E-state index contributed by atoms with van der Waals surface area (Å²) in [5.74, 6) is 1.02. The number of benzene rings is 1. The summed E-state index contributed by atoms with van der Waals surface area (Å²) in [7, 11) is 0. The molecule has 3 nitrogen and oxygen atoms in total. The number of rotatable bonds is 2. The van der Waals surface area contributed by atoms with Crippen LogP contribution in [0.2, 0.25) is 0 Å². The van der Waals surface area contributed by atoms with Crippen molar-refractivity contribution >= 4 is 21.6 Å². The van der Waals surface area contributed by atoms with Crippen molar-refractivity contribution in [3.63, 3.8) is 0 Å². The minimum atomic E-state index is 0.365. The summed E-state index contributed by atoms with van der Waals surface area (Å²) in [4.78, 5) is 0.